The monoisotopic (exact) mass is 475 g/mol. The van der Waals surface area contributed by atoms with Gasteiger partial charge in [-0.05, 0) is 43.5 Å². The predicted molar refractivity (Wildman–Crippen MR) is 125 cm³/mol. The summed E-state index contributed by atoms with van der Waals surface area (Å²) >= 11 is 1.39. The first-order valence-corrected chi connectivity index (χ1v) is 11.3. The molecule has 3 atom stereocenters. The van der Waals surface area contributed by atoms with E-state index in [1.807, 2.05) is 13.1 Å². The number of halogens is 2. The van der Waals surface area contributed by atoms with Crippen LogP contribution in [0.2, 0.25) is 0 Å². The standard InChI is InChI=1S/C24H19F2N7S/c1-15-12-33(32-31-15)14-23-10-21(23)24(13-25,30-22(27)34-23)19-9-16(4-8-20(19)26)3-5-17-6-7-18(28-2)11-29-17/h4,6-9,11-12,21H,10,13-14H2,1H3,(H2,27,30)/t21-,23-,24-/m1/s1. The maximum absolute atomic E-state index is 15.1. The number of benzene rings is 1. The van der Waals surface area contributed by atoms with Crippen LogP contribution in [0.25, 0.3) is 4.85 Å². The lowest BCUT2D eigenvalue weighted by molar-refractivity contribution is 0.259. The molecular formula is C24H19F2N7S. The number of aliphatic imine (C=N–C) groups is 1. The van der Waals surface area contributed by atoms with Crippen LogP contribution in [0.5, 0.6) is 0 Å². The molecule has 3 aromatic rings. The van der Waals surface area contributed by atoms with Crippen molar-refractivity contribution in [3.05, 3.63) is 82.5 Å². The molecule has 2 aromatic heterocycles. The number of fused-ring (bicyclic) bond motifs is 1. The molecule has 0 amide bonds. The number of alkyl halides is 1. The Morgan fingerprint density at radius 3 is 2.85 bits per heavy atom. The predicted octanol–water partition coefficient (Wildman–Crippen LogP) is 3.76. The maximum Gasteiger partial charge on any atom is 0.205 e. The van der Waals surface area contributed by atoms with Crippen molar-refractivity contribution >= 4 is 22.6 Å². The quantitative estimate of drug-likeness (QED) is 0.459. The minimum Gasteiger partial charge on any atom is -0.378 e. The molecule has 5 rings (SSSR count). The van der Waals surface area contributed by atoms with Crippen LogP contribution in [0.3, 0.4) is 0 Å². The molecule has 2 N–H and O–H groups in total. The number of aryl methyl sites for hydroxylation is 1. The van der Waals surface area contributed by atoms with Crippen LogP contribution in [0, 0.1) is 37.1 Å². The Bertz CT molecular complexity index is 1400. The largest absolute Gasteiger partial charge is 0.378 e. The molecule has 3 heterocycles. The van der Waals surface area contributed by atoms with Crippen molar-refractivity contribution in [3.63, 3.8) is 0 Å². The van der Waals surface area contributed by atoms with Gasteiger partial charge in [0, 0.05) is 34.2 Å². The normalized spacial score (nSPS) is 24.9. The summed E-state index contributed by atoms with van der Waals surface area (Å²) in [5, 5.41) is 8.36. The minimum atomic E-state index is -1.43. The molecule has 1 saturated carbocycles. The van der Waals surface area contributed by atoms with Crippen LogP contribution in [0.4, 0.5) is 14.5 Å². The Morgan fingerprint density at radius 2 is 2.18 bits per heavy atom. The molecule has 1 fully saturated rings. The first kappa shape index (κ1) is 22.1. The van der Waals surface area contributed by atoms with Crippen molar-refractivity contribution in [1.29, 1.82) is 0 Å². The number of hydrogen-bond donors (Lipinski definition) is 1. The van der Waals surface area contributed by atoms with Gasteiger partial charge in [-0.3, -0.25) is 9.67 Å². The summed E-state index contributed by atoms with van der Waals surface area (Å²) < 4.78 is 31.2. The highest BCUT2D eigenvalue weighted by Gasteiger charge is 2.68. The topological polar surface area (TPSA) is 86.3 Å². The minimum absolute atomic E-state index is 0.142. The summed E-state index contributed by atoms with van der Waals surface area (Å²) in [7, 11) is 0. The van der Waals surface area contributed by atoms with Gasteiger partial charge < -0.3 is 5.73 Å². The lowest BCUT2D eigenvalue weighted by Gasteiger charge is -2.35. The zero-order valence-electron chi connectivity index (χ0n) is 18.2. The van der Waals surface area contributed by atoms with E-state index < -0.39 is 22.8 Å². The molecule has 2 aliphatic rings. The van der Waals surface area contributed by atoms with Crippen molar-refractivity contribution < 1.29 is 8.78 Å². The van der Waals surface area contributed by atoms with Crippen LogP contribution >= 0.6 is 11.8 Å². The van der Waals surface area contributed by atoms with E-state index in [2.05, 4.69) is 37.0 Å². The number of amidine groups is 1. The molecule has 0 saturated heterocycles. The average Bonchev–Trinajstić information content (AvgIpc) is 3.41. The zero-order chi connectivity index (χ0) is 23.9. The summed E-state index contributed by atoms with van der Waals surface area (Å²) in [5.41, 5.74) is 7.04. The van der Waals surface area contributed by atoms with Gasteiger partial charge in [0.2, 0.25) is 5.69 Å². The number of pyridine rings is 1. The van der Waals surface area contributed by atoms with E-state index in [1.165, 1.54) is 30.1 Å². The fraction of sp³-hybridized carbons (Fsp3) is 0.292. The SMILES string of the molecule is [C-]#[N+]c1ccc(C#Cc2ccc(F)c([C@@]3(CF)N=C(N)S[C@@]4(Cn5cc(C)nn5)C[C@H]43)c2)nc1. The van der Waals surface area contributed by atoms with E-state index in [0.717, 1.165) is 5.69 Å². The molecule has 7 nitrogen and oxygen atoms in total. The van der Waals surface area contributed by atoms with Gasteiger partial charge in [-0.15, -0.1) is 5.10 Å². The number of thioether (sulfide) groups is 1. The maximum atomic E-state index is 15.1. The number of hydrogen-bond acceptors (Lipinski definition) is 6. The highest BCUT2D eigenvalue weighted by Crippen LogP contribution is 2.66. The van der Waals surface area contributed by atoms with E-state index >= 15 is 4.39 Å². The van der Waals surface area contributed by atoms with Gasteiger partial charge in [0.1, 0.15) is 23.7 Å². The molecule has 0 radical (unpaired) electrons. The number of nitrogens with zero attached hydrogens (tertiary/aromatic N) is 6. The van der Waals surface area contributed by atoms with Gasteiger partial charge >= 0.3 is 0 Å². The Balaban J connectivity index is 1.50. The second-order valence-electron chi connectivity index (χ2n) is 8.45. The first-order chi connectivity index (χ1) is 16.4. The summed E-state index contributed by atoms with van der Waals surface area (Å²) in [6.07, 6.45) is 3.88. The van der Waals surface area contributed by atoms with Crippen molar-refractivity contribution in [3.8, 4) is 11.8 Å². The fourth-order valence-electron chi connectivity index (χ4n) is 4.50. The van der Waals surface area contributed by atoms with Gasteiger partial charge in [-0.2, -0.15) is 0 Å². The molecular weight excluding hydrogens is 456 g/mol. The smallest absolute Gasteiger partial charge is 0.205 e. The van der Waals surface area contributed by atoms with Crippen molar-refractivity contribution in [2.75, 3.05) is 6.67 Å². The van der Waals surface area contributed by atoms with Gasteiger partial charge in [0.25, 0.3) is 0 Å². The van der Waals surface area contributed by atoms with E-state index in [4.69, 9.17) is 12.3 Å². The zero-order valence-corrected chi connectivity index (χ0v) is 19.0. The first-order valence-electron chi connectivity index (χ1n) is 10.5. The van der Waals surface area contributed by atoms with Gasteiger partial charge in [-0.25, -0.2) is 18.6 Å². The molecule has 170 valence electrons. The Kier molecular flexibility index (Phi) is 5.34. The van der Waals surface area contributed by atoms with Crippen LogP contribution in [0.1, 0.15) is 28.9 Å². The second-order valence-corrected chi connectivity index (χ2v) is 9.88. The summed E-state index contributed by atoms with van der Waals surface area (Å²) in [6.45, 7) is 8.44. The fourth-order valence-corrected chi connectivity index (χ4v) is 5.91. The summed E-state index contributed by atoms with van der Waals surface area (Å²) in [6, 6.07) is 7.63. The molecule has 1 aliphatic heterocycles. The van der Waals surface area contributed by atoms with Crippen LogP contribution in [-0.2, 0) is 12.1 Å². The summed E-state index contributed by atoms with van der Waals surface area (Å²) in [4.78, 5) is 11.9. The Morgan fingerprint density at radius 1 is 1.32 bits per heavy atom. The summed E-state index contributed by atoms with van der Waals surface area (Å²) in [5.74, 6) is 5.04. The van der Waals surface area contributed by atoms with Gasteiger partial charge in [-0.1, -0.05) is 29.0 Å². The van der Waals surface area contributed by atoms with Gasteiger partial charge in [0.05, 0.1) is 18.8 Å². The van der Waals surface area contributed by atoms with E-state index in [0.29, 0.717) is 29.9 Å². The molecule has 0 spiro atoms. The van der Waals surface area contributed by atoms with Crippen molar-refractivity contribution in [2.24, 2.45) is 16.6 Å². The second kappa shape index (κ2) is 8.23. The van der Waals surface area contributed by atoms with Gasteiger partial charge in [0.15, 0.2) is 5.17 Å². The number of rotatable bonds is 4. The van der Waals surface area contributed by atoms with Crippen LogP contribution in [0.15, 0.2) is 47.7 Å². The van der Waals surface area contributed by atoms with E-state index in [1.54, 1.807) is 22.9 Å². The Hall–Kier alpha value is -3.76. The third kappa shape index (κ3) is 3.80. The molecule has 10 heteroatoms. The number of nitrogens with two attached hydrogens (primary N) is 1. The third-order valence-corrected chi connectivity index (χ3v) is 7.44. The highest BCUT2D eigenvalue weighted by atomic mass is 32.2. The third-order valence-electron chi connectivity index (χ3n) is 6.15. The van der Waals surface area contributed by atoms with E-state index in [-0.39, 0.29) is 16.6 Å². The highest BCUT2D eigenvalue weighted by molar-refractivity contribution is 8.15. The number of aromatic nitrogens is 4. The average molecular weight is 476 g/mol. The lowest BCUT2D eigenvalue weighted by atomic mass is 9.84. The lowest BCUT2D eigenvalue weighted by Crippen LogP contribution is -2.41. The molecule has 0 unspecified atom stereocenters. The van der Waals surface area contributed by atoms with Crippen molar-refractivity contribution in [2.45, 2.75) is 30.2 Å². The Labute approximate surface area is 199 Å². The van der Waals surface area contributed by atoms with Crippen LogP contribution in [-0.4, -0.2) is 36.6 Å². The molecule has 0 bridgehead atoms. The van der Waals surface area contributed by atoms with E-state index in [9.17, 15) is 4.39 Å². The van der Waals surface area contributed by atoms with Crippen LogP contribution < -0.4 is 5.73 Å². The molecule has 34 heavy (non-hydrogen) atoms. The molecule has 1 aliphatic carbocycles. The molecule has 1 aromatic carbocycles. The van der Waals surface area contributed by atoms with Crippen molar-refractivity contribution in [1.82, 2.24) is 20.0 Å².